The topological polar surface area (TPSA) is 63.7 Å². The molecule has 0 heterocycles. The van der Waals surface area contributed by atoms with Gasteiger partial charge < -0.3 is 4.74 Å². The SMILES string of the molecule is CC(=O)OC1CCCCC1N(C(=O)c1ccccc1)C(=O)c1ccccc1. The Morgan fingerprint density at radius 1 is 0.815 bits per heavy atom. The van der Waals surface area contributed by atoms with Crippen molar-refractivity contribution in [1.82, 2.24) is 4.90 Å². The smallest absolute Gasteiger partial charge is 0.302 e. The number of carbonyl (C=O) groups excluding carboxylic acids is 3. The van der Waals surface area contributed by atoms with Crippen LogP contribution in [0.5, 0.6) is 0 Å². The first-order valence-corrected chi connectivity index (χ1v) is 9.23. The van der Waals surface area contributed by atoms with Gasteiger partial charge in [-0.1, -0.05) is 42.8 Å². The molecule has 0 saturated heterocycles. The Kier molecular flexibility index (Phi) is 6.01. The number of rotatable bonds is 4. The summed E-state index contributed by atoms with van der Waals surface area (Å²) in [5, 5.41) is 0. The van der Waals surface area contributed by atoms with E-state index in [1.54, 1.807) is 48.5 Å². The molecule has 2 atom stereocenters. The highest BCUT2D eigenvalue weighted by molar-refractivity contribution is 6.10. The van der Waals surface area contributed by atoms with Gasteiger partial charge in [-0.25, -0.2) is 0 Å². The van der Waals surface area contributed by atoms with Crippen LogP contribution in [-0.4, -0.2) is 34.8 Å². The van der Waals surface area contributed by atoms with Gasteiger partial charge in [0.05, 0.1) is 6.04 Å². The second-order valence-electron chi connectivity index (χ2n) is 6.71. The van der Waals surface area contributed by atoms with Gasteiger partial charge in [0.15, 0.2) is 0 Å². The number of ether oxygens (including phenoxy) is 1. The minimum atomic E-state index is -0.475. The molecule has 1 aliphatic rings. The van der Waals surface area contributed by atoms with Crippen LogP contribution in [-0.2, 0) is 9.53 Å². The average Bonchev–Trinajstić information content (AvgIpc) is 2.70. The van der Waals surface area contributed by atoms with Crippen LogP contribution in [0.4, 0.5) is 0 Å². The minimum Gasteiger partial charge on any atom is -0.460 e. The van der Waals surface area contributed by atoms with Crippen molar-refractivity contribution < 1.29 is 19.1 Å². The number of hydrogen-bond donors (Lipinski definition) is 0. The number of amides is 2. The highest BCUT2D eigenvalue weighted by Crippen LogP contribution is 2.28. The average molecular weight is 365 g/mol. The lowest BCUT2D eigenvalue weighted by Crippen LogP contribution is -2.52. The van der Waals surface area contributed by atoms with Gasteiger partial charge in [0.25, 0.3) is 11.8 Å². The summed E-state index contributed by atoms with van der Waals surface area (Å²) in [6.45, 7) is 1.36. The van der Waals surface area contributed by atoms with Gasteiger partial charge in [-0.05, 0) is 43.5 Å². The van der Waals surface area contributed by atoms with Crippen LogP contribution in [0, 0.1) is 0 Å². The quantitative estimate of drug-likeness (QED) is 0.610. The zero-order valence-corrected chi connectivity index (χ0v) is 15.3. The first-order chi connectivity index (χ1) is 13.1. The Morgan fingerprint density at radius 3 is 1.78 bits per heavy atom. The van der Waals surface area contributed by atoms with Crippen LogP contribution in [0.1, 0.15) is 53.3 Å². The molecule has 2 aromatic rings. The molecule has 0 N–H and O–H groups in total. The zero-order valence-electron chi connectivity index (χ0n) is 15.3. The number of hydrogen-bond acceptors (Lipinski definition) is 4. The summed E-state index contributed by atoms with van der Waals surface area (Å²) in [6, 6.07) is 17.0. The fourth-order valence-corrected chi connectivity index (χ4v) is 3.56. The van der Waals surface area contributed by atoms with E-state index in [0.717, 1.165) is 12.8 Å². The van der Waals surface area contributed by atoms with E-state index in [0.29, 0.717) is 24.0 Å². The largest absolute Gasteiger partial charge is 0.460 e. The van der Waals surface area contributed by atoms with Gasteiger partial charge in [0, 0.05) is 18.1 Å². The summed E-state index contributed by atoms with van der Waals surface area (Å²) in [4.78, 5) is 39.3. The monoisotopic (exact) mass is 365 g/mol. The number of benzene rings is 2. The number of imide groups is 1. The third-order valence-corrected chi connectivity index (χ3v) is 4.80. The van der Waals surface area contributed by atoms with Gasteiger partial charge in [0.1, 0.15) is 6.10 Å². The van der Waals surface area contributed by atoms with Crippen LogP contribution in [0.25, 0.3) is 0 Å². The van der Waals surface area contributed by atoms with Crippen LogP contribution >= 0.6 is 0 Å². The zero-order chi connectivity index (χ0) is 19.2. The number of carbonyl (C=O) groups is 3. The van der Waals surface area contributed by atoms with Gasteiger partial charge in [0.2, 0.25) is 0 Å². The Bertz CT molecular complexity index is 752. The Morgan fingerprint density at radius 2 is 1.30 bits per heavy atom. The molecule has 0 spiro atoms. The van der Waals surface area contributed by atoms with E-state index in [4.69, 9.17) is 4.74 Å². The van der Waals surface area contributed by atoms with Crippen molar-refractivity contribution in [1.29, 1.82) is 0 Å². The Hall–Kier alpha value is -2.95. The minimum absolute atomic E-state index is 0.367. The first kappa shape index (κ1) is 18.8. The maximum Gasteiger partial charge on any atom is 0.302 e. The van der Waals surface area contributed by atoms with Crippen LogP contribution in [0.3, 0.4) is 0 Å². The molecule has 2 unspecified atom stereocenters. The van der Waals surface area contributed by atoms with Crippen molar-refractivity contribution >= 4 is 17.8 Å². The van der Waals surface area contributed by atoms with Crippen molar-refractivity contribution in [2.45, 2.75) is 44.8 Å². The molecular formula is C22H23NO4. The highest BCUT2D eigenvalue weighted by atomic mass is 16.5. The summed E-state index contributed by atoms with van der Waals surface area (Å²) in [6.07, 6.45) is 2.57. The molecule has 140 valence electrons. The van der Waals surface area contributed by atoms with Gasteiger partial charge in [-0.3, -0.25) is 19.3 Å². The third-order valence-electron chi connectivity index (χ3n) is 4.80. The maximum absolute atomic E-state index is 13.3. The standard InChI is InChI=1S/C22H23NO4/c1-16(24)27-20-15-9-8-14-19(20)23(21(25)17-10-4-2-5-11-17)22(26)18-12-6-3-7-13-18/h2-7,10-13,19-20H,8-9,14-15H2,1H3. The lowest BCUT2D eigenvalue weighted by atomic mass is 9.90. The molecule has 3 rings (SSSR count). The summed E-state index contributed by atoms with van der Waals surface area (Å²) in [5.74, 6) is -1.13. The van der Waals surface area contributed by atoms with Crippen molar-refractivity contribution in [3.63, 3.8) is 0 Å². The molecule has 0 aromatic heterocycles. The fourth-order valence-electron chi connectivity index (χ4n) is 3.56. The maximum atomic E-state index is 13.3. The Labute approximate surface area is 158 Å². The molecule has 1 fully saturated rings. The molecule has 2 amide bonds. The van der Waals surface area contributed by atoms with Gasteiger partial charge in [-0.15, -0.1) is 0 Å². The second-order valence-corrected chi connectivity index (χ2v) is 6.71. The lowest BCUT2D eigenvalue weighted by Gasteiger charge is -2.38. The molecular weight excluding hydrogens is 342 g/mol. The van der Waals surface area contributed by atoms with Gasteiger partial charge in [-0.2, -0.15) is 0 Å². The fraction of sp³-hybridized carbons (Fsp3) is 0.318. The first-order valence-electron chi connectivity index (χ1n) is 9.23. The normalized spacial score (nSPS) is 19.1. The molecule has 1 saturated carbocycles. The molecule has 5 nitrogen and oxygen atoms in total. The summed E-state index contributed by atoms with van der Waals surface area (Å²) in [5.41, 5.74) is 0.878. The van der Waals surface area contributed by atoms with Crippen molar-refractivity contribution in [2.75, 3.05) is 0 Å². The summed E-state index contributed by atoms with van der Waals surface area (Å²) >= 11 is 0. The molecule has 5 heteroatoms. The van der Waals surface area contributed by atoms with E-state index in [9.17, 15) is 14.4 Å². The Balaban J connectivity index is 1.99. The third kappa shape index (κ3) is 4.42. The summed E-state index contributed by atoms with van der Waals surface area (Å²) in [7, 11) is 0. The lowest BCUT2D eigenvalue weighted by molar-refractivity contribution is -0.150. The molecule has 0 aliphatic heterocycles. The molecule has 1 aliphatic carbocycles. The van der Waals surface area contributed by atoms with E-state index in [1.165, 1.54) is 11.8 Å². The van der Waals surface area contributed by atoms with Crippen LogP contribution in [0.2, 0.25) is 0 Å². The van der Waals surface area contributed by atoms with E-state index in [-0.39, 0.29) is 11.8 Å². The van der Waals surface area contributed by atoms with Crippen molar-refractivity contribution in [3.8, 4) is 0 Å². The highest BCUT2D eigenvalue weighted by Gasteiger charge is 2.39. The van der Waals surface area contributed by atoms with Crippen LogP contribution < -0.4 is 0 Å². The predicted octanol–water partition coefficient (Wildman–Crippen LogP) is 3.84. The van der Waals surface area contributed by atoms with E-state index in [2.05, 4.69) is 0 Å². The van der Waals surface area contributed by atoms with E-state index < -0.39 is 18.1 Å². The predicted molar refractivity (Wildman–Crippen MR) is 101 cm³/mol. The molecule has 0 radical (unpaired) electrons. The van der Waals surface area contributed by atoms with E-state index >= 15 is 0 Å². The molecule has 0 bridgehead atoms. The number of nitrogens with zero attached hydrogens (tertiary/aromatic N) is 1. The van der Waals surface area contributed by atoms with E-state index in [1.807, 2.05) is 12.1 Å². The summed E-state index contributed by atoms with van der Waals surface area (Å²) < 4.78 is 5.47. The van der Waals surface area contributed by atoms with Gasteiger partial charge >= 0.3 is 5.97 Å². The second kappa shape index (κ2) is 8.62. The number of esters is 1. The van der Waals surface area contributed by atoms with Crippen molar-refractivity contribution in [3.05, 3.63) is 71.8 Å². The molecule has 2 aromatic carbocycles. The molecule has 27 heavy (non-hydrogen) atoms. The van der Waals surface area contributed by atoms with Crippen molar-refractivity contribution in [2.24, 2.45) is 0 Å². The van der Waals surface area contributed by atoms with Crippen LogP contribution in [0.15, 0.2) is 60.7 Å².